The third kappa shape index (κ3) is 1.87. The van der Waals surface area contributed by atoms with Gasteiger partial charge in [-0.15, -0.1) is 0 Å². The van der Waals surface area contributed by atoms with Gasteiger partial charge in [0, 0.05) is 24.9 Å². The Morgan fingerprint density at radius 3 is 2.47 bits per heavy atom. The first-order chi connectivity index (χ1) is 8.28. The minimum absolute atomic E-state index is 0.0611. The molecule has 88 valence electrons. The van der Waals surface area contributed by atoms with Crippen LogP contribution in [0.25, 0.3) is 0 Å². The normalized spacial score (nSPS) is 17.7. The smallest absolute Gasteiger partial charge is 0.123 e. The number of hydrogen-bond acceptors (Lipinski definition) is 2. The van der Waals surface area contributed by atoms with Crippen LogP contribution in [0.3, 0.4) is 0 Å². The number of rotatable bonds is 3. The number of benzene rings is 1. The van der Waals surface area contributed by atoms with E-state index in [1.54, 1.807) is 6.26 Å². The van der Waals surface area contributed by atoms with Crippen LogP contribution in [0.4, 0.5) is 4.39 Å². The minimum atomic E-state index is -0.186. The Labute approximate surface area is 99.5 Å². The van der Waals surface area contributed by atoms with E-state index in [4.69, 9.17) is 4.42 Å². The molecule has 0 bridgehead atoms. The van der Waals surface area contributed by atoms with Gasteiger partial charge >= 0.3 is 0 Å². The highest BCUT2D eigenvalue weighted by atomic mass is 19.1. The topological polar surface area (TPSA) is 25.2 Å². The number of halogens is 1. The fraction of sp³-hybridized carbons (Fsp3) is 0.286. The molecule has 1 fully saturated rings. The zero-order valence-electron chi connectivity index (χ0n) is 9.45. The highest BCUT2D eigenvalue weighted by Crippen LogP contribution is 2.32. The number of hydrogen-bond donors (Lipinski definition) is 1. The average Bonchev–Trinajstić information content (AvgIpc) is 2.77. The van der Waals surface area contributed by atoms with Gasteiger partial charge in [0.15, 0.2) is 0 Å². The Hall–Kier alpha value is -1.61. The van der Waals surface area contributed by atoms with Crippen molar-refractivity contribution in [2.24, 2.45) is 0 Å². The molecule has 1 aliphatic heterocycles. The molecule has 0 atom stereocenters. The minimum Gasteiger partial charge on any atom is -0.469 e. The zero-order valence-corrected chi connectivity index (χ0v) is 9.45. The average molecular weight is 231 g/mol. The molecule has 1 aliphatic rings. The van der Waals surface area contributed by atoms with Crippen LogP contribution in [-0.2, 0) is 11.8 Å². The molecule has 2 heterocycles. The van der Waals surface area contributed by atoms with Gasteiger partial charge in [0.2, 0.25) is 0 Å². The molecule has 0 saturated carbocycles. The third-order valence-corrected chi connectivity index (χ3v) is 3.48. The summed E-state index contributed by atoms with van der Waals surface area (Å²) in [6.45, 7) is 1.83. The Bertz CT molecular complexity index is 485. The van der Waals surface area contributed by atoms with Gasteiger partial charge in [-0.2, -0.15) is 0 Å². The summed E-state index contributed by atoms with van der Waals surface area (Å²) in [6.07, 6.45) is 2.55. The van der Waals surface area contributed by atoms with Gasteiger partial charge in [-0.3, -0.25) is 0 Å². The van der Waals surface area contributed by atoms with Crippen molar-refractivity contribution in [1.82, 2.24) is 5.32 Å². The molecule has 0 spiro atoms. The molecular formula is C14H14FNO. The lowest BCUT2D eigenvalue weighted by atomic mass is 9.72. The molecule has 1 aromatic heterocycles. The highest BCUT2D eigenvalue weighted by molar-refractivity contribution is 5.32. The van der Waals surface area contributed by atoms with Crippen molar-refractivity contribution in [1.29, 1.82) is 0 Å². The third-order valence-electron chi connectivity index (χ3n) is 3.48. The predicted molar refractivity (Wildman–Crippen MR) is 63.4 cm³/mol. The summed E-state index contributed by atoms with van der Waals surface area (Å²) < 4.78 is 18.3. The van der Waals surface area contributed by atoms with Crippen LogP contribution in [0.2, 0.25) is 0 Å². The summed E-state index contributed by atoms with van der Waals surface area (Å²) >= 11 is 0. The van der Waals surface area contributed by atoms with Gasteiger partial charge in [0.25, 0.3) is 0 Å². The van der Waals surface area contributed by atoms with Crippen molar-refractivity contribution < 1.29 is 8.81 Å². The largest absolute Gasteiger partial charge is 0.469 e. The lowest BCUT2D eigenvalue weighted by Crippen LogP contribution is -2.58. The van der Waals surface area contributed by atoms with E-state index in [1.165, 1.54) is 17.7 Å². The van der Waals surface area contributed by atoms with E-state index in [0.29, 0.717) is 0 Å². The second-order valence-corrected chi connectivity index (χ2v) is 4.65. The van der Waals surface area contributed by atoms with Crippen LogP contribution < -0.4 is 5.32 Å². The monoisotopic (exact) mass is 231 g/mol. The van der Waals surface area contributed by atoms with Gasteiger partial charge in [0.1, 0.15) is 11.6 Å². The second-order valence-electron chi connectivity index (χ2n) is 4.65. The quantitative estimate of drug-likeness (QED) is 0.878. The van der Waals surface area contributed by atoms with Crippen LogP contribution >= 0.6 is 0 Å². The van der Waals surface area contributed by atoms with Crippen LogP contribution in [0.5, 0.6) is 0 Å². The molecule has 2 nitrogen and oxygen atoms in total. The van der Waals surface area contributed by atoms with Crippen molar-refractivity contribution in [2.75, 3.05) is 13.1 Å². The molecule has 0 radical (unpaired) electrons. The van der Waals surface area contributed by atoms with Gasteiger partial charge in [0.05, 0.1) is 6.26 Å². The molecule has 3 rings (SSSR count). The second kappa shape index (κ2) is 4.00. The van der Waals surface area contributed by atoms with Crippen molar-refractivity contribution in [3.05, 3.63) is 59.8 Å². The number of nitrogens with one attached hydrogen (secondary N) is 1. The molecule has 1 saturated heterocycles. The Balaban J connectivity index is 1.89. The standard InChI is InChI=1S/C14H14FNO/c15-12-5-3-11(4-6-12)14(9-16-10-14)8-13-2-1-7-17-13/h1-7,16H,8-10H2. The summed E-state index contributed by atoms with van der Waals surface area (Å²) in [4.78, 5) is 0. The fourth-order valence-electron chi connectivity index (χ4n) is 2.41. The van der Waals surface area contributed by atoms with E-state index in [1.807, 2.05) is 24.3 Å². The molecule has 3 heteroatoms. The van der Waals surface area contributed by atoms with Gasteiger partial charge in [-0.1, -0.05) is 12.1 Å². The Morgan fingerprint density at radius 2 is 1.94 bits per heavy atom. The molecule has 0 aliphatic carbocycles. The van der Waals surface area contributed by atoms with E-state index in [2.05, 4.69) is 5.32 Å². The number of furan rings is 1. The van der Waals surface area contributed by atoms with E-state index in [9.17, 15) is 4.39 Å². The lowest BCUT2D eigenvalue weighted by Gasteiger charge is -2.42. The fourth-order valence-corrected chi connectivity index (χ4v) is 2.41. The van der Waals surface area contributed by atoms with Crippen LogP contribution in [-0.4, -0.2) is 13.1 Å². The molecule has 17 heavy (non-hydrogen) atoms. The Morgan fingerprint density at radius 1 is 1.18 bits per heavy atom. The summed E-state index contributed by atoms with van der Waals surface area (Å²) in [5, 5.41) is 3.29. The molecule has 2 aromatic rings. The van der Waals surface area contributed by atoms with Gasteiger partial charge < -0.3 is 9.73 Å². The molecule has 1 aromatic carbocycles. The molecule has 0 amide bonds. The highest BCUT2D eigenvalue weighted by Gasteiger charge is 2.39. The van der Waals surface area contributed by atoms with Crippen molar-refractivity contribution in [2.45, 2.75) is 11.8 Å². The molecular weight excluding hydrogens is 217 g/mol. The van der Waals surface area contributed by atoms with Crippen molar-refractivity contribution in [3.63, 3.8) is 0 Å². The lowest BCUT2D eigenvalue weighted by molar-refractivity contribution is 0.258. The summed E-state index contributed by atoms with van der Waals surface area (Å²) in [5.74, 6) is 0.796. The first-order valence-corrected chi connectivity index (χ1v) is 5.78. The predicted octanol–water partition coefficient (Wildman–Crippen LogP) is 2.50. The van der Waals surface area contributed by atoms with Crippen LogP contribution in [0.15, 0.2) is 47.1 Å². The van der Waals surface area contributed by atoms with Gasteiger partial charge in [-0.25, -0.2) is 4.39 Å². The van der Waals surface area contributed by atoms with E-state index in [-0.39, 0.29) is 11.2 Å². The van der Waals surface area contributed by atoms with Crippen LogP contribution in [0, 0.1) is 5.82 Å². The maximum Gasteiger partial charge on any atom is 0.123 e. The van der Waals surface area contributed by atoms with E-state index >= 15 is 0 Å². The molecule has 0 unspecified atom stereocenters. The van der Waals surface area contributed by atoms with Crippen molar-refractivity contribution in [3.8, 4) is 0 Å². The van der Waals surface area contributed by atoms with Gasteiger partial charge in [-0.05, 0) is 29.8 Å². The Kier molecular flexibility index (Phi) is 2.48. The molecule has 1 N–H and O–H groups in total. The maximum absolute atomic E-state index is 12.9. The van der Waals surface area contributed by atoms with Crippen molar-refractivity contribution >= 4 is 0 Å². The first-order valence-electron chi connectivity index (χ1n) is 5.78. The van der Waals surface area contributed by atoms with E-state index in [0.717, 1.165) is 25.3 Å². The summed E-state index contributed by atoms with van der Waals surface area (Å²) in [7, 11) is 0. The summed E-state index contributed by atoms with van der Waals surface area (Å²) in [5.41, 5.74) is 1.24. The van der Waals surface area contributed by atoms with Crippen LogP contribution in [0.1, 0.15) is 11.3 Å². The maximum atomic E-state index is 12.9. The zero-order chi connectivity index (χ0) is 11.7. The summed E-state index contributed by atoms with van der Waals surface area (Å²) in [6, 6.07) is 10.7. The SMILES string of the molecule is Fc1ccc(C2(Cc3ccco3)CNC2)cc1. The first kappa shape index (κ1) is 10.5. The van der Waals surface area contributed by atoms with E-state index < -0.39 is 0 Å².